The molecule has 1 amide bonds. The van der Waals surface area contributed by atoms with E-state index in [1.165, 1.54) is 0 Å². The van der Waals surface area contributed by atoms with Crippen LogP contribution in [0.5, 0.6) is 0 Å². The minimum Gasteiger partial charge on any atom is -0.449 e. The molecule has 3 aromatic carbocycles. The first kappa shape index (κ1) is 26.7. The Labute approximate surface area is 238 Å². The molecule has 1 aromatic heterocycles. The molecule has 0 unspecified atom stereocenters. The van der Waals surface area contributed by atoms with E-state index in [2.05, 4.69) is 34.5 Å². The number of nitrogens with zero attached hydrogens (tertiary/aromatic N) is 2. The zero-order valence-corrected chi connectivity index (χ0v) is 23.1. The fourth-order valence-electron chi connectivity index (χ4n) is 5.83. The van der Waals surface area contributed by atoms with E-state index < -0.39 is 18.0 Å². The summed E-state index contributed by atoms with van der Waals surface area (Å²) in [6.07, 6.45) is -0.0119. The highest BCUT2D eigenvalue weighted by atomic mass is 35.5. The molecule has 206 valence electrons. The van der Waals surface area contributed by atoms with Crippen LogP contribution in [0.2, 0.25) is 5.02 Å². The van der Waals surface area contributed by atoms with Crippen LogP contribution in [0.15, 0.2) is 66.7 Å². The number of pyridine rings is 1. The van der Waals surface area contributed by atoms with Crippen LogP contribution in [-0.2, 0) is 15.9 Å². The Kier molecular flexibility index (Phi) is 7.69. The number of halogens is 2. The number of hydrogen-bond donors (Lipinski definition) is 1. The van der Waals surface area contributed by atoms with Gasteiger partial charge in [0.25, 0.3) is 0 Å². The van der Waals surface area contributed by atoms with Gasteiger partial charge in [0.15, 0.2) is 5.82 Å². The fraction of sp³-hybridized carbons (Fsp3) is 0.312. The molecule has 1 fully saturated rings. The lowest BCUT2D eigenvalue weighted by Crippen LogP contribution is -2.37. The second-order valence-electron chi connectivity index (χ2n) is 10.3. The number of carbonyl (C=O) groups is 1. The van der Waals surface area contributed by atoms with Crippen LogP contribution < -0.4 is 5.32 Å². The molecule has 40 heavy (non-hydrogen) atoms. The molecule has 0 spiro atoms. The van der Waals surface area contributed by atoms with Crippen molar-refractivity contribution in [3.05, 3.63) is 100 Å². The number of alkyl carbamates (subject to hydrolysis) is 1. The van der Waals surface area contributed by atoms with E-state index in [1.807, 2.05) is 24.3 Å². The van der Waals surface area contributed by atoms with E-state index in [-0.39, 0.29) is 18.2 Å². The molecule has 1 saturated heterocycles. The molecule has 1 N–H and O–H groups in total. The second-order valence-corrected chi connectivity index (χ2v) is 10.7. The van der Waals surface area contributed by atoms with E-state index in [0.29, 0.717) is 41.1 Å². The van der Waals surface area contributed by atoms with Crippen molar-refractivity contribution in [3.8, 4) is 11.1 Å². The van der Waals surface area contributed by atoms with Gasteiger partial charge in [0.2, 0.25) is 0 Å². The number of amides is 1. The second kappa shape index (κ2) is 11.5. The van der Waals surface area contributed by atoms with Crippen LogP contribution >= 0.6 is 11.6 Å². The summed E-state index contributed by atoms with van der Waals surface area (Å²) in [5.74, 6) is -0.544. The minimum absolute atomic E-state index is 0.0575. The quantitative estimate of drug-likeness (QED) is 0.280. The Hall–Kier alpha value is -3.52. The summed E-state index contributed by atoms with van der Waals surface area (Å²) in [7, 11) is 0. The predicted molar refractivity (Wildman–Crippen MR) is 154 cm³/mol. The van der Waals surface area contributed by atoms with E-state index in [9.17, 15) is 4.79 Å². The number of rotatable bonds is 7. The van der Waals surface area contributed by atoms with Gasteiger partial charge in [-0.05, 0) is 35.2 Å². The van der Waals surface area contributed by atoms with Crippen molar-refractivity contribution in [2.75, 3.05) is 39.5 Å². The molecular formula is C32H31ClFN3O3. The zero-order valence-electron chi connectivity index (χ0n) is 22.3. The SMILES string of the molecule is C[C@H](NC(=O)OCC1c2ccccc2-c2ccccc21)c1nc(CCN2CCOCC2)c2c(Cl)cccc2c1F. The molecular weight excluding hydrogens is 529 g/mol. The number of hydrogen-bond acceptors (Lipinski definition) is 5. The summed E-state index contributed by atoms with van der Waals surface area (Å²) in [5, 5.41) is 4.28. The molecule has 8 heteroatoms. The molecule has 2 aliphatic rings. The normalized spacial score (nSPS) is 16.0. The number of morpholine rings is 1. The molecule has 0 bridgehead atoms. The molecule has 1 atom stereocenters. The van der Waals surface area contributed by atoms with Crippen LogP contribution in [0, 0.1) is 5.82 Å². The standard InChI is InChI=1S/C32H31ClFN3O3/c1-20(35-32(38)40-19-26-23-9-4-2-7-21(23)22-8-3-5-10-24(22)26)31-30(34)25-11-6-12-27(33)29(25)28(36-31)13-14-37-15-17-39-18-16-37/h2-12,20,26H,13-19H2,1H3,(H,35,38)/t20-/m0/s1. The summed E-state index contributed by atoms with van der Waals surface area (Å²) < 4.78 is 26.9. The zero-order chi connectivity index (χ0) is 27.6. The van der Waals surface area contributed by atoms with E-state index >= 15 is 4.39 Å². The number of aromatic nitrogens is 1. The largest absolute Gasteiger partial charge is 0.449 e. The van der Waals surface area contributed by atoms with Crippen LogP contribution in [-0.4, -0.2) is 55.4 Å². The highest BCUT2D eigenvalue weighted by Gasteiger charge is 2.29. The Bertz CT molecular complexity index is 1510. The number of ether oxygens (including phenoxy) is 2. The van der Waals surface area contributed by atoms with Crippen molar-refractivity contribution in [1.29, 1.82) is 0 Å². The van der Waals surface area contributed by atoms with Gasteiger partial charge < -0.3 is 14.8 Å². The monoisotopic (exact) mass is 559 g/mol. The van der Waals surface area contributed by atoms with E-state index in [4.69, 9.17) is 26.1 Å². The highest BCUT2D eigenvalue weighted by Crippen LogP contribution is 2.44. The maximum absolute atomic E-state index is 15.7. The van der Waals surface area contributed by atoms with Crippen LogP contribution in [0.3, 0.4) is 0 Å². The Morgan fingerprint density at radius 3 is 2.45 bits per heavy atom. The average Bonchev–Trinajstić information content (AvgIpc) is 3.30. The first-order chi connectivity index (χ1) is 19.5. The molecule has 6 rings (SSSR count). The van der Waals surface area contributed by atoms with Crippen molar-refractivity contribution >= 4 is 28.5 Å². The van der Waals surface area contributed by atoms with Crippen LogP contribution in [0.1, 0.15) is 41.4 Å². The van der Waals surface area contributed by atoms with Crippen molar-refractivity contribution in [2.24, 2.45) is 0 Å². The highest BCUT2D eigenvalue weighted by molar-refractivity contribution is 6.35. The lowest BCUT2D eigenvalue weighted by Gasteiger charge is -2.26. The van der Waals surface area contributed by atoms with Crippen molar-refractivity contribution in [2.45, 2.75) is 25.3 Å². The molecule has 1 aliphatic carbocycles. The third-order valence-corrected chi connectivity index (χ3v) is 8.19. The first-order valence-corrected chi connectivity index (χ1v) is 14.1. The van der Waals surface area contributed by atoms with Gasteiger partial charge in [0, 0.05) is 42.7 Å². The summed E-state index contributed by atoms with van der Waals surface area (Å²) in [6.45, 7) is 5.75. The number of fused-ring (bicyclic) bond motifs is 4. The van der Waals surface area contributed by atoms with Gasteiger partial charge in [0.05, 0.1) is 35.7 Å². The van der Waals surface area contributed by atoms with Crippen LogP contribution in [0.25, 0.3) is 21.9 Å². The summed E-state index contributed by atoms with van der Waals surface area (Å²) in [5.41, 5.74) is 5.46. The fourth-order valence-corrected chi connectivity index (χ4v) is 6.11. The minimum atomic E-state index is -0.707. The van der Waals surface area contributed by atoms with Gasteiger partial charge in [-0.3, -0.25) is 9.88 Å². The lowest BCUT2D eigenvalue weighted by atomic mass is 9.98. The molecule has 2 heterocycles. The topological polar surface area (TPSA) is 63.7 Å². The average molecular weight is 560 g/mol. The molecule has 1 aliphatic heterocycles. The number of benzene rings is 3. The predicted octanol–water partition coefficient (Wildman–Crippen LogP) is 6.50. The Balaban J connectivity index is 1.19. The molecule has 0 saturated carbocycles. The third-order valence-electron chi connectivity index (χ3n) is 7.88. The summed E-state index contributed by atoms with van der Waals surface area (Å²) >= 11 is 6.52. The van der Waals surface area contributed by atoms with Gasteiger partial charge in [-0.1, -0.05) is 72.3 Å². The smallest absolute Gasteiger partial charge is 0.407 e. The van der Waals surface area contributed by atoms with Gasteiger partial charge in [0.1, 0.15) is 6.61 Å². The summed E-state index contributed by atoms with van der Waals surface area (Å²) in [4.78, 5) is 19.9. The number of nitrogens with one attached hydrogen (secondary N) is 1. The molecule has 4 aromatic rings. The van der Waals surface area contributed by atoms with Gasteiger partial charge >= 0.3 is 6.09 Å². The maximum atomic E-state index is 15.7. The summed E-state index contributed by atoms with van der Waals surface area (Å²) in [6, 6.07) is 20.8. The van der Waals surface area contributed by atoms with Crippen molar-refractivity contribution in [3.63, 3.8) is 0 Å². The van der Waals surface area contributed by atoms with Crippen LogP contribution in [0.4, 0.5) is 9.18 Å². The maximum Gasteiger partial charge on any atom is 0.407 e. The number of carbonyl (C=O) groups excluding carboxylic acids is 1. The van der Waals surface area contributed by atoms with Gasteiger partial charge in [-0.25, -0.2) is 9.18 Å². The van der Waals surface area contributed by atoms with Gasteiger partial charge in [-0.2, -0.15) is 0 Å². The van der Waals surface area contributed by atoms with Crippen molar-refractivity contribution in [1.82, 2.24) is 15.2 Å². The van der Waals surface area contributed by atoms with Gasteiger partial charge in [-0.15, -0.1) is 0 Å². The Morgan fingerprint density at radius 2 is 1.75 bits per heavy atom. The first-order valence-electron chi connectivity index (χ1n) is 13.7. The molecule has 0 radical (unpaired) electrons. The third kappa shape index (κ3) is 5.17. The Morgan fingerprint density at radius 1 is 1.07 bits per heavy atom. The van der Waals surface area contributed by atoms with Crippen molar-refractivity contribution < 1.29 is 18.7 Å². The van der Waals surface area contributed by atoms with E-state index in [1.54, 1.807) is 25.1 Å². The van der Waals surface area contributed by atoms with E-state index in [0.717, 1.165) is 41.9 Å². The lowest BCUT2D eigenvalue weighted by molar-refractivity contribution is 0.0384. The molecule has 6 nitrogen and oxygen atoms in total.